The lowest BCUT2D eigenvalue weighted by Crippen LogP contribution is -2.23. The molecule has 0 unspecified atom stereocenters. The Kier molecular flexibility index (Phi) is 4.42. The van der Waals surface area contributed by atoms with Crippen LogP contribution in [-0.4, -0.2) is 7.11 Å². The molecule has 2 rings (SSSR count). The molecule has 2 aromatic rings. The van der Waals surface area contributed by atoms with Gasteiger partial charge in [0.05, 0.1) is 13.2 Å². The third-order valence-electron chi connectivity index (χ3n) is 3.07. The summed E-state index contributed by atoms with van der Waals surface area (Å²) in [5.74, 6) is 1.40. The quantitative estimate of drug-likeness (QED) is 0.829. The fraction of sp³-hybridized carbons (Fsp3) is 0.250. The largest absolute Gasteiger partial charge is 0.493 e. The lowest BCUT2D eigenvalue weighted by atomic mass is 10.0. The minimum Gasteiger partial charge on any atom is -0.493 e. The summed E-state index contributed by atoms with van der Waals surface area (Å²) in [4.78, 5) is 5.62. The van der Waals surface area contributed by atoms with E-state index in [9.17, 15) is 0 Å². The third kappa shape index (κ3) is 3.26. The van der Waals surface area contributed by atoms with Gasteiger partial charge in [0.1, 0.15) is 0 Å². The number of rotatable bonds is 5. The number of ether oxygens (including phenoxy) is 1. The summed E-state index contributed by atoms with van der Waals surface area (Å²) >= 11 is 0. The minimum atomic E-state index is 0.103. The van der Waals surface area contributed by atoms with E-state index in [1.165, 1.54) is 11.1 Å². The van der Waals surface area contributed by atoms with Gasteiger partial charge in [0.2, 0.25) is 0 Å². The Labute approximate surface area is 114 Å². The maximum absolute atomic E-state index is 5.62. The van der Waals surface area contributed by atoms with Crippen LogP contribution in [0.15, 0.2) is 48.5 Å². The van der Waals surface area contributed by atoms with Gasteiger partial charge < -0.3 is 9.57 Å². The van der Waals surface area contributed by atoms with Gasteiger partial charge >= 0.3 is 0 Å². The number of nitrogens with one attached hydrogen (secondary N) is 1. The zero-order chi connectivity index (χ0) is 13.7. The Morgan fingerprint density at radius 3 is 2.26 bits per heavy atom. The number of hydrogen-bond acceptors (Lipinski definition) is 3. The highest BCUT2D eigenvalue weighted by Gasteiger charge is 2.09. The van der Waals surface area contributed by atoms with Gasteiger partial charge in [-0.25, -0.2) is 0 Å². The molecule has 2 aromatic carbocycles. The molecule has 0 aliphatic rings. The molecule has 0 amide bonds. The van der Waals surface area contributed by atoms with Crippen LogP contribution in [0.5, 0.6) is 11.5 Å². The molecule has 3 nitrogen and oxygen atoms in total. The number of para-hydroxylation sites is 2. The summed E-state index contributed by atoms with van der Waals surface area (Å²) in [6.45, 7) is 4.16. The van der Waals surface area contributed by atoms with E-state index in [1.807, 2.05) is 36.4 Å². The molecule has 3 heteroatoms. The van der Waals surface area contributed by atoms with Crippen LogP contribution in [0.1, 0.15) is 24.1 Å². The molecule has 0 fully saturated rings. The van der Waals surface area contributed by atoms with Crippen molar-refractivity contribution in [3.63, 3.8) is 0 Å². The van der Waals surface area contributed by atoms with Gasteiger partial charge in [-0.15, -0.1) is 5.48 Å². The summed E-state index contributed by atoms with van der Waals surface area (Å²) in [6.07, 6.45) is 0. The highest BCUT2D eigenvalue weighted by Crippen LogP contribution is 2.26. The van der Waals surface area contributed by atoms with E-state index in [2.05, 4.69) is 31.5 Å². The lowest BCUT2D eigenvalue weighted by Gasteiger charge is -2.17. The number of hydroxylamine groups is 1. The minimum absolute atomic E-state index is 0.103. The van der Waals surface area contributed by atoms with Crippen LogP contribution in [-0.2, 0) is 0 Å². The van der Waals surface area contributed by atoms with Crippen LogP contribution in [0, 0.1) is 6.92 Å². The van der Waals surface area contributed by atoms with Crippen molar-refractivity contribution in [1.29, 1.82) is 0 Å². The zero-order valence-corrected chi connectivity index (χ0v) is 11.5. The maximum Gasteiger partial charge on any atom is 0.188 e. The first-order valence-electron chi connectivity index (χ1n) is 6.33. The number of benzene rings is 2. The summed E-state index contributed by atoms with van der Waals surface area (Å²) < 4.78 is 5.24. The molecule has 19 heavy (non-hydrogen) atoms. The predicted molar refractivity (Wildman–Crippen MR) is 76.4 cm³/mol. The fourth-order valence-electron chi connectivity index (χ4n) is 1.99. The molecule has 0 bridgehead atoms. The van der Waals surface area contributed by atoms with Crippen molar-refractivity contribution in [3.05, 3.63) is 59.7 Å². The Morgan fingerprint density at radius 1 is 0.947 bits per heavy atom. The molecule has 0 radical (unpaired) electrons. The summed E-state index contributed by atoms with van der Waals surface area (Å²) in [5, 5.41) is 0. The Balaban J connectivity index is 2.04. The summed E-state index contributed by atoms with van der Waals surface area (Å²) in [7, 11) is 1.63. The predicted octanol–water partition coefficient (Wildman–Crippen LogP) is 3.65. The molecule has 1 N–H and O–H groups in total. The molecule has 0 aliphatic carbocycles. The molecule has 1 atom stereocenters. The molecule has 0 saturated carbocycles. The van der Waals surface area contributed by atoms with Gasteiger partial charge in [0.25, 0.3) is 0 Å². The molecule has 100 valence electrons. The zero-order valence-electron chi connectivity index (χ0n) is 11.5. The van der Waals surface area contributed by atoms with Gasteiger partial charge in [0, 0.05) is 0 Å². The summed E-state index contributed by atoms with van der Waals surface area (Å²) in [6, 6.07) is 15.9. The molecule has 0 spiro atoms. The Morgan fingerprint density at radius 2 is 1.58 bits per heavy atom. The van der Waals surface area contributed by atoms with E-state index in [0.29, 0.717) is 11.5 Å². The fourth-order valence-corrected chi connectivity index (χ4v) is 1.99. The first-order valence-corrected chi connectivity index (χ1v) is 6.33. The maximum atomic E-state index is 5.62. The molecular weight excluding hydrogens is 238 g/mol. The van der Waals surface area contributed by atoms with Gasteiger partial charge in [-0.2, -0.15) is 0 Å². The van der Waals surface area contributed by atoms with E-state index in [0.717, 1.165) is 0 Å². The molecular formula is C16H19NO2. The highest BCUT2D eigenvalue weighted by molar-refractivity contribution is 5.39. The molecule has 0 saturated heterocycles. The van der Waals surface area contributed by atoms with Crippen molar-refractivity contribution in [2.75, 3.05) is 7.11 Å². The van der Waals surface area contributed by atoms with Crippen LogP contribution in [0.25, 0.3) is 0 Å². The number of hydrogen-bond donors (Lipinski definition) is 1. The van der Waals surface area contributed by atoms with E-state index in [1.54, 1.807) is 7.11 Å². The molecule has 0 aliphatic heterocycles. The molecule has 0 heterocycles. The van der Waals surface area contributed by atoms with Crippen LogP contribution in [0.4, 0.5) is 0 Å². The van der Waals surface area contributed by atoms with E-state index < -0.39 is 0 Å². The van der Waals surface area contributed by atoms with E-state index >= 15 is 0 Å². The van der Waals surface area contributed by atoms with Crippen LogP contribution < -0.4 is 15.1 Å². The van der Waals surface area contributed by atoms with Gasteiger partial charge in [0.15, 0.2) is 11.5 Å². The topological polar surface area (TPSA) is 30.5 Å². The van der Waals surface area contributed by atoms with Crippen molar-refractivity contribution in [3.8, 4) is 11.5 Å². The van der Waals surface area contributed by atoms with Gasteiger partial charge in [-0.05, 0) is 37.1 Å². The second kappa shape index (κ2) is 6.25. The monoisotopic (exact) mass is 257 g/mol. The first kappa shape index (κ1) is 13.4. The second-order valence-electron chi connectivity index (χ2n) is 4.45. The Bertz CT molecular complexity index is 540. The van der Waals surface area contributed by atoms with Crippen molar-refractivity contribution in [2.24, 2.45) is 0 Å². The van der Waals surface area contributed by atoms with Crippen molar-refractivity contribution >= 4 is 0 Å². The average Bonchev–Trinajstić information content (AvgIpc) is 2.45. The smallest absolute Gasteiger partial charge is 0.188 e. The van der Waals surface area contributed by atoms with E-state index in [-0.39, 0.29) is 6.04 Å². The number of methoxy groups -OCH3 is 1. The first-order chi connectivity index (χ1) is 9.22. The van der Waals surface area contributed by atoms with E-state index in [4.69, 9.17) is 9.57 Å². The SMILES string of the molecule is COc1ccccc1ON[C@H](C)c1ccccc1C. The Hall–Kier alpha value is -2.00. The normalized spacial score (nSPS) is 11.9. The summed E-state index contributed by atoms with van der Waals surface area (Å²) in [5.41, 5.74) is 5.51. The van der Waals surface area contributed by atoms with Crippen molar-refractivity contribution < 1.29 is 9.57 Å². The van der Waals surface area contributed by atoms with Gasteiger partial charge in [-0.3, -0.25) is 0 Å². The van der Waals surface area contributed by atoms with Crippen molar-refractivity contribution in [1.82, 2.24) is 5.48 Å². The van der Waals surface area contributed by atoms with Crippen LogP contribution in [0.2, 0.25) is 0 Å². The highest BCUT2D eigenvalue weighted by atomic mass is 16.7. The number of aryl methyl sites for hydroxylation is 1. The standard InChI is InChI=1S/C16H19NO2/c1-12-8-4-5-9-14(12)13(2)17-19-16-11-7-6-10-15(16)18-3/h4-11,13,17H,1-3H3/t13-/m1/s1. The van der Waals surface area contributed by atoms with Gasteiger partial charge in [-0.1, -0.05) is 36.4 Å². The second-order valence-corrected chi connectivity index (χ2v) is 4.45. The molecule has 0 aromatic heterocycles. The lowest BCUT2D eigenvalue weighted by molar-refractivity contribution is 0.155. The average molecular weight is 257 g/mol. The van der Waals surface area contributed by atoms with Crippen LogP contribution in [0.3, 0.4) is 0 Å². The van der Waals surface area contributed by atoms with Crippen LogP contribution >= 0.6 is 0 Å². The van der Waals surface area contributed by atoms with Crippen molar-refractivity contribution in [2.45, 2.75) is 19.9 Å². The third-order valence-corrected chi connectivity index (χ3v) is 3.07.